The van der Waals surface area contributed by atoms with Crippen LogP contribution in [0.4, 0.5) is 5.69 Å². The van der Waals surface area contributed by atoms with E-state index in [0.29, 0.717) is 12.2 Å². The molecule has 0 radical (unpaired) electrons. The van der Waals surface area contributed by atoms with Crippen LogP contribution < -0.4 is 10.1 Å². The molecule has 6 heteroatoms. The van der Waals surface area contributed by atoms with E-state index in [2.05, 4.69) is 11.4 Å². The zero-order chi connectivity index (χ0) is 17.4. The van der Waals surface area contributed by atoms with E-state index >= 15 is 0 Å². The predicted octanol–water partition coefficient (Wildman–Crippen LogP) is 3.18. The molecule has 0 saturated carbocycles. The van der Waals surface area contributed by atoms with Crippen LogP contribution in [0.5, 0.6) is 5.75 Å². The summed E-state index contributed by atoms with van der Waals surface area (Å²) in [6.45, 7) is 0.00141. The van der Waals surface area contributed by atoms with Gasteiger partial charge in [-0.25, -0.2) is 0 Å². The predicted molar refractivity (Wildman–Crippen MR) is 96.5 cm³/mol. The second-order valence-electron chi connectivity index (χ2n) is 5.58. The van der Waals surface area contributed by atoms with Gasteiger partial charge in [0.2, 0.25) is 5.91 Å². The van der Waals surface area contributed by atoms with Crippen molar-refractivity contribution >= 4 is 28.8 Å². The van der Waals surface area contributed by atoms with Gasteiger partial charge in [-0.1, -0.05) is 6.07 Å². The summed E-state index contributed by atoms with van der Waals surface area (Å²) < 4.78 is 5.39. The Morgan fingerprint density at radius 3 is 2.54 bits per heavy atom. The first-order valence-electron chi connectivity index (χ1n) is 7.80. The van der Waals surface area contributed by atoms with Crippen molar-refractivity contribution in [1.29, 1.82) is 0 Å². The van der Waals surface area contributed by atoms with E-state index in [1.807, 2.05) is 11.4 Å². The summed E-state index contributed by atoms with van der Waals surface area (Å²) in [5.41, 5.74) is 0.724. The van der Waals surface area contributed by atoms with Gasteiger partial charge in [0.25, 0.3) is 5.91 Å². The summed E-state index contributed by atoms with van der Waals surface area (Å²) in [5.74, 6) is 0.502. The highest BCUT2D eigenvalue weighted by Crippen LogP contribution is 2.17. The lowest BCUT2D eigenvalue weighted by Gasteiger charge is -2.11. The molecule has 2 rings (SSSR count). The standard InChI is InChI=1S/C18H22N2O3S/c1-20(2)18(22)13-23-15-10-8-14(9-11-15)19-17(21)7-3-5-16-6-4-12-24-16/h4,6,8-12H,3,5,7,13H2,1-2H3,(H,19,21). The normalized spacial score (nSPS) is 10.2. The van der Waals surface area contributed by atoms with Crippen LogP contribution in [0.1, 0.15) is 17.7 Å². The number of rotatable bonds is 8. The fraction of sp³-hybridized carbons (Fsp3) is 0.333. The molecule has 1 heterocycles. The molecule has 1 aromatic heterocycles. The lowest BCUT2D eigenvalue weighted by Crippen LogP contribution is -2.27. The van der Waals surface area contributed by atoms with Crippen molar-refractivity contribution in [3.63, 3.8) is 0 Å². The summed E-state index contributed by atoms with van der Waals surface area (Å²) in [7, 11) is 3.37. The maximum absolute atomic E-state index is 11.9. The smallest absolute Gasteiger partial charge is 0.259 e. The molecule has 0 aliphatic rings. The number of hydrogen-bond donors (Lipinski definition) is 1. The van der Waals surface area contributed by atoms with Gasteiger partial charge >= 0.3 is 0 Å². The van der Waals surface area contributed by atoms with Crippen molar-refractivity contribution < 1.29 is 14.3 Å². The Bertz CT molecular complexity index is 651. The van der Waals surface area contributed by atoms with Gasteiger partial charge < -0.3 is 15.0 Å². The van der Waals surface area contributed by atoms with Crippen molar-refractivity contribution in [1.82, 2.24) is 4.90 Å². The molecule has 0 bridgehead atoms. The first-order chi connectivity index (χ1) is 11.5. The Morgan fingerprint density at radius 2 is 1.92 bits per heavy atom. The Labute approximate surface area is 146 Å². The van der Waals surface area contributed by atoms with Crippen LogP contribution >= 0.6 is 11.3 Å². The molecule has 0 fully saturated rings. The lowest BCUT2D eigenvalue weighted by molar-refractivity contribution is -0.130. The van der Waals surface area contributed by atoms with E-state index in [-0.39, 0.29) is 18.4 Å². The number of ether oxygens (including phenoxy) is 1. The number of anilines is 1. The van der Waals surface area contributed by atoms with Crippen LogP contribution in [0.2, 0.25) is 0 Å². The summed E-state index contributed by atoms with van der Waals surface area (Å²) in [6, 6.07) is 11.1. The van der Waals surface area contributed by atoms with Gasteiger partial charge in [-0.3, -0.25) is 9.59 Å². The Hall–Kier alpha value is -2.34. The van der Waals surface area contributed by atoms with Gasteiger partial charge in [-0.05, 0) is 48.6 Å². The molecule has 1 aromatic carbocycles. The molecule has 2 amide bonds. The van der Waals surface area contributed by atoms with Crippen molar-refractivity contribution in [3.8, 4) is 5.75 Å². The summed E-state index contributed by atoms with van der Waals surface area (Å²) >= 11 is 1.72. The number of benzene rings is 1. The number of hydrogen-bond acceptors (Lipinski definition) is 4. The van der Waals surface area contributed by atoms with E-state index in [1.165, 1.54) is 9.78 Å². The highest BCUT2D eigenvalue weighted by molar-refractivity contribution is 7.09. The van der Waals surface area contributed by atoms with E-state index < -0.39 is 0 Å². The topological polar surface area (TPSA) is 58.6 Å². The van der Waals surface area contributed by atoms with E-state index in [1.54, 1.807) is 49.7 Å². The fourth-order valence-electron chi connectivity index (χ4n) is 2.01. The maximum atomic E-state index is 11.9. The molecule has 0 aliphatic carbocycles. The molecule has 0 saturated heterocycles. The van der Waals surface area contributed by atoms with Crippen molar-refractivity contribution in [2.75, 3.05) is 26.0 Å². The number of nitrogens with zero attached hydrogens (tertiary/aromatic N) is 1. The molecular formula is C18H22N2O3S. The molecular weight excluding hydrogens is 324 g/mol. The molecule has 0 atom stereocenters. The number of aryl methyl sites for hydroxylation is 1. The van der Waals surface area contributed by atoms with Crippen molar-refractivity contribution in [2.24, 2.45) is 0 Å². The number of thiophene rings is 1. The second-order valence-corrected chi connectivity index (χ2v) is 6.61. The van der Waals surface area contributed by atoms with Gasteiger partial charge in [0.15, 0.2) is 6.61 Å². The third-order valence-electron chi connectivity index (χ3n) is 3.41. The third kappa shape index (κ3) is 6.04. The van der Waals surface area contributed by atoms with Gasteiger partial charge in [-0.15, -0.1) is 11.3 Å². The molecule has 5 nitrogen and oxygen atoms in total. The van der Waals surface area contributed by atoms with Crippen LogP contribution in [0.15, 0.2) is 41.8 Å². The quantitative estimate of drug-likeness (QED) is 0.799. The molecule has 0 unspecified atom stereocenters. The number of likely N-dealkylation sites (N-methyl/N-ethyl adjacent to an activating group) is 1. The molecule has 24 heavy (non-hydrogen) atoms. The SMILES string of the molecule is CN(C)C(=O)COc1ccc(NC(=O)CCCc2cccs2)cc1. The summed E-state index contributed by atoms with van der Waals surface area (Å²) in [5, 5.41) is 4.91. The first kappa shape index (κ1) is 18.0. The van der Waals surface area contributed by atoms with Crippen LogP contribution in [0.3, 0.4) is 0 Å². The number of amides is 2. The van der Waals surface area contributed by atoms with Gasteiger partial charge in [0.1, 0.15) is 5.75 Å². The molecule has 1 N–H and O–H groups in total. The number of carbonyl (C=O) groups excluding carboxylic acids is 2. The van der Waals surface area contributed by atoms with Gasteiger partial charge in [0, 0.05) is 31.1 Å². The van der Waals surface area contributed by atoms with Gasteiger partial charge in [0.05, 0.1) is 0 Å². The van der Waals surface area contributed by atoms with Crippen molar-refractivity contribution in [2.45, 2.75) is 19.3 Å². The monoisotopic (exact) mass is 346 g/mol. The van der Waals surface area contributed by atoms with Crippen molar-refractivity contribution in [3.05, 3.63) is 46.7 Å². The highest BCUT2D eigenvalue weighted by Gasteiger charge is 2.06. The van der Waals surface area contributed by atoms with Crippen LogP contribution in [-0.2, 0) is 16.0 Å². The molecule has 0 spiro atoms. The van der Waals surface area contributed by atoms with Crippen LogP contribution in [0, 0.1) is 0 Å². The average Bonchev–Trinajstić information content (AvgIpc) is 3.07. The molecule has 128 valence electrons. The maximum Gasteiger partial charge on any atom is 0.259 e. The summed E-state index contributed by atoms with van der Waals surface area (Å²) in [4.78, 5) is 26.2. The zero-order valence-corrected chi connectivity index (χ0v) is 14.8. The van der Waals surface area contributed by atoms with E-state index in [0.717, 1.165) is 18.5 Å². The van der Waals surface area contributed by atoms with E-state index in [9.17, 15) is 9.59 Å². The zero-order valence-electron chi connectivity index (χ0n) is 14.0. The first-order valence-corrected chi connectivity index (χ1v) is 8.68. The fourth-order valence-corrected chi connectivity index (χ4v) is 2.76. The van der Waals surface area contributed by atoms with Crippen LogP contribution in [-0.4, -0.2) is 37.4 Å². The highest BCUT2D eigenvalue weighted by atomic mass is 32.1. The second kappa shape index (κ2) is 9.08. The lowest BCUT2D eigenvalue weighted by atomic mass is 10.2. The minimum Gasteiger partial charge on any atom is -0.484 e. The Kier molecular flexibility index (Phi) is 6.81. The van der Waals surface area contributed by atoms with E-state index in [4.69, 9.17) is 4.74 Å². The Balaban J connectivity index is 1.72. The van der Waals surface area contributed by atoms with Gasteiger partial charge in [-0.2, -0.15) is 0 Å². The number of carbonyl (C=O) groups is 2. The third-order valence-corrected chi connectivity index (χ3v) is 4.34. The number of nitrogens with one attached hydrogen (secondary N) is 1. The average molecular weight is 346 g/mol. The largest absolute Gasteiger partial charge is 0.484 e. The molecule has 0 aliphatic heterocycles. The Morgan fingerprint density at radius 1 is 1.17 bits per heavy atom. The van der Waals surface area contributed by atoms with Crippen LogP contribution in [0.25, 0.3) is 0 Å². The molecule has 2 aromatic rings. The minimum absolute atomic E-state index is 0.00141. The minimum atomic E-state index is -0.0990. The summed E-state index contributed by atoms with van der Waals surface area (Å²) in [6.07, 6.45) is 2.26.